The van der Waals surface area contributed by atoms with Crippen molar-refractivity contribution >= 4 is 28.5 Å². The Labute approximate surface area is 256 Å². The van der Waals surface area contributed by atoms with Crippen molar-refractivity contribution in [3.05, 3.63) is 72.2 Å². The smallest absolute Gasteiger partial charge is 0.423 e. The summed E-state index contributed by atoms with van der Waals surface area (Å²) in [6.07, 6.45) is 4.67. The van der Waals surface area contributed by atoms with E-state index in [9.17, 15) is 0 Å². The second kappa shape index (κ2) is 13.0. The Morgan fingerprint density at radius 2 is 1.65 bits per heavy atom. The maximum atomic E-state index is 5.67. The molecule has 0 unspecified atom stereocenters. The molecule has 0 spiro atoms. The zero-order valence-corrected chi connectivity index (χ0v) is 25.9. The normalized spacial score (nSPS) is 13.9. The number of ether oxygens (including phenoxy) is 2. The van der Waals surface area contributed by atoms with Crippen LogP contribution in [0.15, 0.2) is 66.1 Å². The monoisotopic (exact) mass is 597 g/mol. The number of aromatic amines is 1. The summed E-state index contributed by atoms with van der Waals surface area (Å²) in [6, 6.07) is 16.6. The number of methoxy groups -OCH3 is 2. The number of benzene rings is 2. The molecule has 0 radical (unpaired) electrons. The van der Waals surface area contributed by atoms with Crippen LogP contribution in [0.1, 0.15) is 17.7 Å². The lowest BCUT2D eigenvalue weighted by Crippen LogP contribution is -2.47. The number of H-pyrrole nitrogens is 1. The molecule has 222 valence electrons. The molecule has 1 fully saturated rings. The minimum Gasteiger partial charge on any atom is -0.493 e. The third kappa shape index (κ3) is 6.28. The zero-order chi connectivity index (χ0) is 29.8. The molecule has 10 nitrogen and oxygen atoms in total. The molecule has 2 aromatic carbocycles. The van der Waals surface area contributed by atoms with E-state index < -0.39 is 0 Å². The van der Waals surface area contributed by atoms with Gasteiger partial charge in [0.1, 0.15) is 5.69 Å². The Balaban J connectivity index is 1.18. The number of hydrogen-bond donors (Lipinski definition) is 1. The fraction of sp³-hybridized carbons (Fsp3) is 0.344. The Hall–Kier alpha value is -4.22. The Kier molecular flexibility index (Phi) is 8.71. The number of aryl methyl sites for hydroxylation is 2. The van der Waals surface area contributed by atoms with Crippen LogP contribution in [0.25, 0.3) is 28.0 Å². The highest BCUT2D eigenvalue weighted by atomic mass is 32.2. The van der Waals surface area contributed by atoms with Gasteiger partial charge in [0.05, 0.1) is 19.9 Å². The van der Waals surface area contributed by atoms with Crippen LogP contribution in [0, 0.1) is 13.8 Å². The van der Waals surface area contributed by atoms with Gasteiger partial charge in [-0.1, -0.05) is 46.7 Å². The minimum absolute atomic E-state index is 0.683. The van der Waals surface area contributed by atoms with Gasteiger partial charge in [-0.05, 0) is 61.4 Å². The van der Waals surface area contributed by atoms with E-state index in [1.54, 1.807) is 38.4 Å². The first-order valence-electron chi connectivity index (χ1n) is 14.5. The summed E-state index contributed by atoms with van der Waals surface area (Å²) in [6.45, 7) is 9.17. The Morgan fingerprint density at radius 1 is 0.930 bits per heavy atom. The van der Waals surface area contributed by atoms with E-state index >= 15 is 0 Å². The molecule has 43 heavy (non-hydrogen) atoms. The molecule has 4 heterocycles. The van der Waals surface area contributed by atoms with E-state index in [0.717, 1.165) is 83.7 Å². The number of nitrogens with zero attached hydrogens (tertiary/aromatic N) is 7. The van der Waals surface area contributed by atoms with Crippen LogP contribution in [0.5, 0.6) is 11.5 Å². The number of piperazine rings is 1. The number of hydrogen-bond acceptors (Lipinski definition) is 9. The number of nitrogens with one attached hydrogen (secondary N) is 1. The van der Waals surface area contributed by atoms with Crippen molar-refractivity contribution in [1.82, 2.24) is 30.0 Å². The lowest BCUT2D eigenvalue weighted by Gasteiger charge is -2.34. The molecule has 0 aliphatic carbocycles. The van der Waals surface area contributed by atoms with Crippen molar-refractivity contribution < 1.29 is 14.0 Å². The fourth-order valence-corrected chi connectivity index (χ4v) is 6.27. The summed E-state index contributed by atoms with van der Waals surface area (Å²) in [5.74, 6) is 3.84. The summed E-state index contributed by atoms with van der Waals surface area (Å²) in [7, 11) is 3.33. The summed E-state index contributed by atoms with van der Waals surface area (Å²) < 4.78 is 13.4. The Morgan fingerprint density at radius 3 is 2.37 bits per heavy atom. The van der Waals surface area contributed by atoms with Crippen molar-refractivity contribution in [1.29, 1.82) is 0 Å². The molecular weight excluding hydrogens is 560 g/mol. The molecule has 6 rings (SSSR count). The minimum atomic E-state index is 0.683. The first-order chi connectivity index (χ1) is 21.0. The van der Waals surface area contributed by atoms with Crippen LogP contribution < -0.4 is 18.9 Å². The molecule has 5 aromatic rings. The molecule has 0 bridgehead atoms. The Bertz CT molecular complexity index is 1690. The topological polar surface area (TPSA) is 96.2 Å². The van der Waals surface area contributed by atoms with Crippen LogP contribution in [0.4, 0.5) is 5.95 Å². The van der Waals surface area contributed by atoms with E-state index in [1.165, 1.54) is 5.56 Å². The van der Waals surface area contributed by atoms with Gasteiger partial charge in [-0.2, -0.15) is 4.57 Å². The SMILES string of the molecule is COc1cc2cc(C)[n+](-c3nc(SCCCN4CCN(c5ncccn5)CC4)n[nH]3)c(-c3ccc(C)cc3)c2cc1OC. The van der Waals surface area contributed by atoms with Crippen molar-refractivity contribution in [2.45, 2.75) is 25.4 Å². The van der Waals surface area contributed by atoms with Gasteiger partial charge in [-0.15, -0.1) is 5.10 Å². The quantitative estimate of drug-likeness (QED) is 0.140. The number of anilines is 1. The van der Waals surface area contributed by atoms with E-state index in [4.69, 9.17) is 14.5 Å². The van der Waals surface area contributed by atoms with Crippen molar-refractivity contribution in [2.75, 3.05) is 57.6 Å². The highest BCUT2D eigenvalue weighted by Crippen LogP contribution is 2.36. The van der Waals surface area contributed by atoms with E-state index in [0.29, 0.717) is 17.4 Å². The predicted molar refractivity (Wildman–Crippen MR) is 169 cm³/mol. The average molecular weight is 598 g/mol. The first kappa shape index (κ1) is 28.9. The van der Waals surface area contributed by atoms with Gasteiger partial charge in [-0.3, -0.25) is 4.90 Å². The van der Waals surface area contributed by atoms with Gasteiger partial charge in [0.15, 0.2) is 11.5 Å². The largest absolute Gasteiger partial charge is 0.493 e. The first-order valence-corrected chi connectivity index (χ1v) is 15.5. The van der Waals surface area contributed by atoms with Gasteiger partial charge in [0.2, 0.25) is 5.95 Å². The van der Waals surface area contributed by atoms with Gasteiger partial charge in [0, 0.05) is 55.3 Å². The van der Waals surface area contributed by atoms with Gasteiger partial charge >= 0.3 is 5.95 Å². The number of pyridine rings is 1. The third-order valence-corrected chi connectivity index (χ3v) is 8.73. The zero-order valence-electron chi connectivity index (χ0n) is 25.1. The van der Waals surface area contributed by atoms with Crippen molar-refractivity contribution in [3.63, 3.8) is 0 Å². The second-order valence-corrected chi connectivity index (χ2v) is 11.7. The van der Waals surface area contributed by atoms with Crippen LogP contribution in [-0.4, -0.2) is 82.7 Å². The molecule has 0 atom stereocenters. The highest BCUT2D eigenvalue weighted by Gasteiger charge is 2.25. The molecule has 1 N–H and O–H groups in total. The molecule has 0 amide bonds. The van der Waals surface area contributed by atoms with E-state index in [1.807, 2.05) is 18.2 Å². The molecule has 1 aliphatic heterocycles. The third-order valence-electron chi connectivity index (χ3n) is 7.80. The molecule has 0 saturated carbocycles. The summed E-state index contributed by atoms with van der Waals surface area (Å²) in [5, 5.41) is 10.6. The van der Waals surface area contributed by atoms with Crippen molar-refractivity contribution in [3.8, 4) is 28.7 Å². The number of fused-ring (bicyclic) bond motifs is 1. The predicted octanol–water partition coefficient (Wildman–Crippen LogP) is 4.63. The van der Waals surface area contributed by atoms with Gasteiger partial charge in [0.25, 0.3) is 5.16 Å². The number of thioether (sulfide) groups is 1. The van der Waals surface area contributed by atoms with Crippen molar-refractivity contribution in [2.24, 2.45) is 0 Å². The fourth-order valence-electron chi connectivity index (χ4n) is 5.56. The van der Waals surface area contributed by atoms with Crippen LogP contribution in [0.3, 0.4) is 0 Å². The van der Waals surface area contributed by atoms with Gasteiger partial charge < -0.3 is 14.4 Å². The van der Waals surface area contributed by atoms with Crippen LogP contribution in [-0.2, 0) is 0 Å². The lowest BCUT2D eigenvalue weighted by atomic mass is 10.0. The molecule has 1 saturated heterocycles. The molecular formula is C32H37N8O2S+. The van der Waals surface area contributed by atoms with E-state index in [2.05, 4.69) is 78.7 Å². The highest BCUT2D eigenvalue weighted by molar-refractivity contribution is 7.99. The average Bonchev–Trinajstić information content (AvgIpc) is 3.51. The standard InChI is InChI=1S/C32H37N8O2S/c1-22-7-9-24(10-8-22)29-26-21-28(42-4)27(41-3)20-25(26)19-23(2)40(29)31-35-32(37-36-31)43-18-6-13-38-14-16-39(17-15-38)30-33-11-5-12-34-30/h5,7-12,19-21H,6,13-18H2,1-4H3,(H,35,36,37)/q+1. The van der Waals surface area contributed by atoms with Crippen LogP contribution >= 0.6 is 11.8 Å². The van der Waals surface area contributed by atoms with Gasteiger partial charge in [-0.25, -0.2) is 9.97 Å². The lowest BCUT2D eigenvalue weighted by molar-refractivity contribution is -0.597. The summed E-state index contributed by atoms with van der Waals surface area (Å²) in [5.41, 5.74) is 4.33. The summed E-state index contributed by atoms with van der Waals surface area (Å²) in [4.78, 5) is 18.5. The molecule has 11 heteroatoms. The molecule has 1 aliphatic rings. The van der Waals surface area contributed by atoms with Crippen LogP contribution in [0.2, 0.25) is 0 Å². The van der Waals surface area contributed by atoms with E-state index in [-0.39, 0.29) is 0 Å². The number of aromatic nitrogens is 6. The maximum absolute atomic E-state index is 5.67. The maximum Gasteiger partial charge on any atom is 0.423 e. The molecule has 3 aromatic heterocycles. The summed E-state index contributed by atoms with van der Waals surface area (Å²) >= 11 is 1.69. The second-order valence-electron chi connectivity index (χ2n) is 10.7. The number of rotatable bonds is 10.